The minimum atomic E-state index is -0.328. The van der Waals surface area contributed by atoms with Gasteiger partial charge in [-0.1, -0.05) is 18.2 Å². The van der Waals surface area contributed by atoms with Crippen LogP contribution in [0.5, 0.6) is 0 Å². The van der Waals surface area contributed by atoms with Gasteiger partial charge in [0.1, 0.15) is 11.3 Å². The number of rotatable bonds is 3. The summed E-state index contributed by atoms with van der Waals surface area (Å²) >= 11 is 0. The number of nitriles is 1. The third-order valence-corrected chi connectivity index (χ3v) is 3.34. The Bertz CT molecular complexity index is 932. The molecule has 1 N–H and O–H groups in total. The highest BCUT2D eigenvalue weighted by molar-refractivity contribution is 5.95. The summed E-state index contributed by atoms with van der Waals surface area (Å²) in [5.74, 6) is -0.328. The van der Waals surface area contributed by atoms with E-state index in [1.807, 2.05) is 24.3 Å². The molecule has 0 unspecified atom stereocenters. The Morgan fingerprint density at radius 1 is 1.30 bits per heavy atom. The number of hydrazone groups is 1. The number of carbonyl (C=O) groups is 1. The SMILES string of the molecule is Cc1nc2ccccn2c1C(=O)N/N=C/c1ccc(C#N)cc1. The minimum Gasteiger partial charge on any atom is -0.295 e. The molecule has 3 rings (SSSR count). The Morgan fingerprint density at radius 3 is 2.83 bits per heavy atom. The topological polar surface area (TPSA) is 82.6 Å². The normalized spacial score (nSPS) is 10.8. The first-order valence-corrected chi connectivity index (χ1v) is 6.96. The largest absolute Gasteiger partial charge is 0.295 e. The van der Waals surface area contributed by atoms with Crippen LogP contribution in [0, 0.1) is 18.3 Å². The Hall–Kier alpha value is -3.46. The van der Waals surface area contributed by atoms with Gasteiger partial charge in [-0.15, -0.1) is 0 Å². The fourth-order valence-electron chi connectivity index (χ4n) is 2.25. The number of pyridine rings is 1. The standard InChI is InChI=1S/C17H13N5O/c1-12-16(22-9-3-2-4-15(22)20-12)17(23)21-19-11-14-7-5-13(10-18)6-8-14/h2-9,11H,1H3,(H,21,23)/b19-11+. The van der Waals surface area contributed by atoms with E-state index in [4.69, 9.17) is 5.26 Å². The molecule has 0 bridgehead atoms. The van der Waals surface area contributed by atoms with Gasteiger partial charge in [-0.05, 0) is 36.8 Å². The summed E-state index contributed by atoms with van der Waals surface area (Å²) < 4.78 is 1.72. The molecular formula is C17H13N5O. The molecule has 6 heteroatoms. The van der Waals surface area contributed by atoms with Crippen LogP contribution in [0.4, 0.5) is 0 Å². The fourth-order valence-corrected chi connectivity index (χ4v) is 2.25. The quantitative estimate of drug-likeness (QED) is 0.595. The lowest BCUT2D eigenvalue weighted by Gasteiger charge is -2.01. The molecule has 2 aromatic heterocycles. The van der Waals surface area contributed by atoms with E-state index in [2.05, 4.69) is 15.5 Å². The molecule has 0 saturated carbocycles. The summed E-state index contributed by atoms with van der Waals surface area (Å²) in [6.07, 6.45) is 3.31. The van der Waals surface area contributed by atoms with Crippen LogP contribution in [0.15, 0.2) is 53.8 Å². The number of hydrogen-bond acceptors (Lipinski definition) is 4. The van der Waals surface area contributed by atoms with E-state index >= 15 is 0 Å². The summed E-state index contributed by atoms with van der Waals surface area (Å²) in [6, 6.07) is 14.5. The van der Waals surface area contributed by atoms with Gasteiger partial charge in [-0.3, -0.25) is 9.20 Å². The molecule has 0 radical (unpaired) electrons. The van der Waals surface area contributed by atoms with Gasteiger partial charge in [0.15, 0.2) is 0 Å². The van der Waals surface area contributed by atoms with Crippen molar-refractivity contribution in [2.45, 2.75) is 6.92 Å². The van der Waals surface area contributed by atoms with Gasteiger partial charge >= 0.3 is 0 Å². The third kappa shape index (κ3) is 2.94. The average molecular weight is 303 g/mol. The second kappa shape index (κ2) is 6.12. The highest BCUT2D eigenvalue weighted by Gasteiger charge is 2.15. The highest BCUT2D eigenvalue weighted by Crippen LogP contribution is 2.11. The summed E-state index contributed by atoms with van der Waals surface area (Å²) in [5, 5.41) is 12.7. The highest BCUT2D eigenvalue weighted by atomic mass is 16.2. The molecule has 2 heterocycles. The van der Waals surface area contributed by atoms with Crippen LogP contribution < -0.4 is 5.43 Å². The number of aryl methyl sites for hydroxylation is 1. The van der Waals surface area contributed by atoms with Crippen LogP contribution in [0.1, 0.15) is 27.3 Å². The van der Waals surface area contributed by atoms with Gasteiger partial charge in [0.25, 0.3) is 5.91 Å². The van der Waals surface area contributed by atoms with Gasteiger partial charge in [-0.25, -0.2) is 10.4 Å². The zero-order valence-corrected chi connectivity index (χ0v) is 12.4. The fraction of sp³-hybridized carbons (Fsp3) is 0.0588. The van der Waals surface area contributed by atoms with Crippen molar-refractivity contribution in [2.75, 3.05) is 0 Å². The monoisotopic (exact) mass is 303 g/mol. The van der Waals surface area contributed by atoms with Crippen molar-refractivity contribution in [1.29, 1.82) is 5.26 Å². The first kappa shape index (κ1) is 14.5. The van der Waals surface area contributed by atoms with E-state index in [0.29, 0.717) is 22.6 Å². The number of imidazole rings is 1. The molecule has 0 spiro atoms. The molecular weight excluding hydrogens is 290 g/mol. The Labute approximate surface area is 132 Å². The molecule has 0 atom stereocenters. The van der Waals surface area contributed by atoms with Crippen LogP contribution in [0.2, 0.25) is 0 Å². The number of benzene rings is 1. The van der Waals surface area contributed by atoms with Gasteiger partial charge in [-0.2, -0.15) is 10.4 Å². The smallest absolute Gasteiger partial charge is 0.290 e. The van der Waals surface area contributed by atoms with E-state index in [0.717, 1.165) is 5.56 Å². The van der Waals surface area contributed by atoms with Crippen molar-refractivity contribution >= 4 is 17.8 Å². The van der Waals surface area contributed by atoms with Crippen molar-refractivity contribution in [3.63, 3.8) is 0 Å². The number of fused-ring (bicyclic) bond motifs is 1. The van der Waals surface area contributed by atoms with E-state index in [-0.39, 0.29) is 5.91 Å². The number of hydrogen-bond donors (Lipinski definition) is 1. The van der Waals surface area contributed by atoms with Crippen molar-refractivity contribution < 1.29 is 4.79 Å². The van der Waals surface area contributed by atoms with Crippen LogP contribution in [-0.2, 0) is 0 Å². The maximum absolute atomic E-state index is 12.3. The van der Waals surface area contributed by atoms with Crippen molar-refractivity contribution in [1.82, 2.24) is 14.8 Å². The lowest BCUT2D eigenvalue weighted by atomic mass is 10.2. The maximum Gasteiger partial charge on any atom is 0.290 e. The van der Waals surface area contributed by atoms with Gasteiger partial charge in [0.2, 0.25) is 0 Å². The van der Waals surface area contributed by atoms with Crippen LogP contribution in [0.25, 0.3) is 5.65 Å². The van der Waals surface area contributed by atoms with Crippen LogP contribution >= 0.6 is 0 Å². The number of nitrogens with zero attached hydrogens (tertiary/aromatic N) is 4. The second-order valence-electron chi connectivity index (χ2n) is 4.91. The minimum absolute atomic E-state index is 0.328. The number of carbonyl (C=O) groups excluding carboxylic acids is 1. The molecule has 1 amide bonds. The molecule has 3 aromatic rings. The first-order chi connectivity index (χ1) is 11.2. The molecule has 112 valence electrons. The van der Waals surface area contributed by atoms with Gasteiger partial charge in [0, 0.05) is 6.20 Å². The Kier molecular flexibility index (Phi) is 3.85. The predicted molar refractivity (Wildman–Crippen MR) is 86.1 cm³/mol. The van der Waals surface area contributed by atoms with Gasteiger partial charge in [0.05, 0.1) is 23.5 Å². The summed E-state index contributed by atoms with van der Waals surface area (Å²) in [5.41, 5.74) is 5.68. The van der Waals surface area contributed by atoms with Crippen molar-refractivity contribution in [3.05, 3.63) is 71.2 Å². The predicted octanol–water partition coefficient (Wildman–Crippen LogP) is 2.28. The number of nitrogens with one attached hydrogen (secondary N) is 1. The zero-order valence-electron chi connectivity index (χ0n) is 12.4. The van der Waals surface area contributed by atoms with E-state index < -0.39 is 0 Å². The zero-order chi connectivity index (χ0) is 16.2. The summed E-state index contributed by atoms with van der Waals surface area (Å²) in [6.45, 7) is 1.78. The molecule has 0 aliphatic rings. The van der Waals surface area contributed by atoms with Crippen molar-refractivity contribution in [2.24, 2.45) is 5.10 Å². The first-order valence-electron chi connectivity index (χ1n) is 6.96. The van der Waals surface area contributed by atoms with E-state index in [1.165, 1.54) is 6.21 Å². The van der Waals surface area contributed by atoms with Crippen molar-refractivity contribution in [3.8, 4) is 6.07 Å². The summed E-state index contributed by atoms with van der Waals surface area (Å²) in [7, 11) is 0. The molecule has 0 saturated heterocycles. The number of aromatic nitrogens is 2. The lowest BCUT2D eigenvalue weighted by Crippen LogP contribution is -2.20. The molecule has 6 nitrogen and oxygen atoms in total. The summed E-state index contributed by atoms with van der Waals surface area (Å²) in [4.78, 5) is 16.6. The lowest BCUT2D eigenvalue weighted by molar-refractivity contribution is 0.0948. The molecule has 23 heavy (non-hydrogen) atoms. The van der Waals surface area contributed by atoms with Crippen LogP contribution in [-0.4, -0.2) is 21.5 Å². The average Bonchev–Trinajstić information content (AvgIpc) is 2.91. The number of amides is 1. The Balaban J connectivity index is 1.77. The molecule has 0 fully saturated rings. The Morgan fingerprint density at radius 2 is 2.09 bits per heavy atom. The second-order valence-corrected chi connectivity index (χ2v) is 4.91. The van der Waals surface area contributed by atoms with E-state index in [9.17, 15) is 4.79 Å². The third-order valence-electron chi connectivity index (χ3n) is 3.34. The molecule has 1 aromatic carbocycles. The molecule has 0 aliphatic heterocycles. The maximum atomic E-state index is 12.3. The van der Waals surface area contributed by atoms with E-state index in [1.54, 1.807) is 41.8 Å². The van der Waals surface area contributed by atoms with Crippen LogP contribution in [0.3, 0.4) is 0 Å². The van der Waals surface area contributed by atoms with Gasteiger partial charge < -0.3 is 0 Å². The molecule has 0 aliphatic carbocycles.